The van der Waals surface area contributed by atoms with Crippen molar-refractivity contribution in [2.75, 3.05) is 6.54 Å². The Kier molecular flexibility index (Phi) is 5.29. The number of halogens is 1. The topological polar surface area (TPSA) is 72.2 Å². The number of sulfonamides is 1. The standard InChI is InChI=1S/C17H17ClN2O3S2/c1-11-5-6-13(10-14(11)18)25(21,22)19-8-7-15-12(2)23-17(20-15)16-4-3-9-24-16/h3-6,9-10,19H,7-8H2,1-2H3. The molecule has 3 rings (SSSR count). The second-order valence-corrected chi connectivity index (χ2v) is 8.68. The van der Waals surface area contributed by atoms with E-state index in [1.165, 1.54) is 6.07 Å². The quantitative estimate of drug-likeness (QED) is 0.677. The summed E-state index contributed by atoms with van der Waals surface area (Å²) in [6.07, 6.45) is 0.444. The highest BCUT2D eigenvalue weighted by Crippen LogP contribution is 2.26. The number of rotatable bonds is 6. The number of oxazole rings is 1. The fourth-order valence-electron chi connectivity index (χ4n) is 2.29. The highest BCUT2D eigenvalue weighted by molar-refractivity contribution is 7.89. The molecule has 0 fully saturated rings. The lowest BCUT2D eigenvalue weighted by Gasteiger charge is -2.07. The molecule has 0 saturated heterocycles. The summed E-state index contributed by atoms with van der Waals surface area (Å²) in [6, 6.07) is 8.55. The average molecular weight is 397 g/mol. The molecule has 2 heterocycles. The minimum absolute atomic E-state index is 0.152. The van der Waals surface area contributed by atoms with Gasteiger partial charge in [0, 0.05) is 18.0 Å². The molecular formula is C17H17ClN2O3S2. The summed E-state index contributed by atoms with van der Waals surface area (Å²) >= 11 is 7.55. The number of benzene rings is 1. The van der Waals surface area contributed by atoms with Crippen LogP contribution in [0, 0.1) is 13.8 Å². The molecule has 132 valence electrons. The molecule has 0 aliphatic heterocycles. The molecule has 2 aromatic heterocycles. The summed E-state index contributed by atoms with van der Waals surface area (Å²) < 4.78 is 32.9. The summed E-state index contributed by atoms with van der Waals surface area (Å²) in [6.45, 7) is 3.88. The van der Waals surface area contributed by atoms with E-state index in [0.29, 0.717) is 23.1 Å². The van der Waals surface area contributed by atoms with E-state index in [2.05, 4.69) is 9.71 Å². The lowest BCUT2D eigenvalue weighted by Crippen LogP contribution is -2.26. The van der Waals surface area contributed by atoms with Crippen molar-refractivity contribution in [1.82, 2.24) is 9.71 Å². The number of aryl methyl sites for hydroxylation is 2. The average Bonchev–Trinajstić information content (AvgIpc) is 3.20. The van der Waals surface area contributed by atoms with E-state index in [0.717, 1.165) is 16.1 Å². The number of nitrogens with zero attached hydrogens (tertiary/aromatic N) is 1. The van der Waals surface area contributed by atoms with E-state index in [4.69, 9.17) is 16.0 Å². The van der Waals surface area contributed by atoms with Gasteiger partial charge in [0.05, 0.1) is 15.5 Å². The van der Waals surface area contributed by atoms with Gasteiger partial charge in [0.2, 0.25) is 15.9 Å². The second kappa shape index (κ2) is 7.29. The molecular weight excluding hydrogens is 380 g/mol. The first kappa shape index (κ1) is 18.1. The van der Waals surface area contributed by atoms with Crippen molar-refractivity contribution in [3.8, 4) is 10.8 Å². The van der Waals surface area contributed by atoms with Crippen LogP contribution in [0.5, 0.6) is 0 Å². The Labute approximate surface area is 155 Å². The lowest BCUT2D eigenvalue weighted by atomic mass is 10.2. The Morgan fingerprint density at radius 1 is 1.28 bits per heavy atom. The van der Waals surface area contributed by atoms with Crippen LogP contribution in [0.25, 0.3) is 10.8 Å². The fourth-order valence-corrected chi connectivity index (χ4v) is 4.25. The maximum Gasteiger partial charge on any atom is 0.240 e. The van der Waals surface area contributed by atoms with Gasteiger partial charge in [-0.1, -0.05) is 23.7 Å². The smallest absolute Gasteiger partial charge is 0.240 e. The van der Waals surface area contributed by atoms with Crippen LogP contribution in [0.3, 0.4) is 0 Å². The van der Waals surface area contributed by atoms with Crippen LogP contribution >= 0.6 is 22.9 Å². The van der Waals surface area contributed by atoms with E-state index >= 15 is 0 Å². The van der Waals surface area contributed by atoms with Crippen molar-refractivity contribution in [2.45, 2.75) is 25.2 Å². The van der Waals surface area contributed by atoms with Gasteiger partial charge in [-0.3, -0.25) is 0 Å². The molecule has 0 unspecified atom stereocenters. The maximum absolute atomic E-state index is 12.4. The van der Waals surface area contributed by atoms with E-state index in [1.54, 1.807) is 23.5 Å². The first-order valence-electron chi connectivity index (χ1n) is 7.63. The summed E-state index contributed by atoms with van der Waals surface area (Å²) in [5, 5.41) is 2.38. The normalized spacial score (nSPS) is 11.8. The third-order valence-corrected chi connectivity index (χ3v) is 6.46. The van der Waals surface area contributed by atoms with E-state index in [1.807, 2.05) is 31.4 Å². The van der Waals surface area contributed by atoms with Crippen LogP contribution in [-0.2, 0) is 16.4 Å². The summed E-state index contributed by atoms with van der Waals surface area (Å²) in [5.74, 6) is 1.26. The van der Waals surface area contributed by atoms with Gasteiger partial charge in [-0.05, 0) is 43.0 Å². The molecule has 0 radical (unpaired) electrons. The molecule has 0 aliphatic carbocycles. The number of hydrogen-bond acceptors (Lipinski definition) is 5. The van der Waals surface area contributed by atoms with Crippen molar-refractivity contribution in [3.63, 3.8) is 0 Å². The minimum Gasteiger partial charge on any atom is -0.440 e. The Morgan fingerprint density at radius 3 is 2.76 bits per heavy atom. The van der Waals surface area contributed by atoms with Crippen LogP contribution < -0.4 is 4.72 Å². The molecule has 5 nitrogen and oxygen atoms in total. The minimum atomic E-state index is -3.61. The number of hydrogen-bond donors (Lipinski definition) is 1. The van der Waals surface area contributed by atoms with Crippen LogP contribution in [0.1, 0.15) is 17.0 Å². The zero-order valence-electron chi connectivity index (χ0n) is 13.7. The first-order valence-corrected chi connectivity index (χ1v) is 10.4. The van der Waals surface area contributed by atoms with Crippen molar-refractivity contribution in [1.29, 1.82) is 0 Å². The molecule has 0 amide bonds. The van der Waals surface area contributed by atoms with E-state index in [-0.39, 0.29) is 11.4 Å². The third-order valence-electron chi connectivity index (χ3n) is 3.73. The Hall–Kier alpha value is -1.67. The van der Waals surface area contributed by atoms with E-state index in [9.17, 15) is 8.42 Å². The maximum atomic E-state index is 12.4. The molecule has 8 heteroatoms. The van der Waals surface area contributed by atoms with Crippen LogP contribution in [0.15, 0.2) is 45.0 Å². The number of thiophene rings is 1. The second-order valence-electron chi connectivity index (χ2n) is 5.56. The Balaban J connectivity index is 1.67. The fraction of sp³-hybridized carbons (Fsp3) is 0.235. The van der Waals surface area contributed by atoms with Crippen molar-refractivity contribution in [2.24, 2.45) is 0 Å². The third kappa shape index (κ3) is 4.12. The zero-order valence-corrected chi connectivity index (χ0v) is 16.1. The highest BCUT2D eigenvalue weighted by Gasteiger charge is 2.16. The highest BCUT2D eigenvalue weighted by atomic mass is 35.5. The molecule has 0 bridgehead atoms. The Bertz CT molecular complexity index is 979. The van der Waals surface area contributed by atoms with Gasteiger partial charge in [-0.25, -0.2) is 18.1 Å². The van der Waals surface area contributed by atoms with Gasteiger partial charge in [0.1, 0.15) is 5.76 Å². The van der Waals surface area contributed by atoms with Gasteiger partial charge >= 0.3 is 0 Å². The van der Waals surface area contributed by atoms with Gasteiger partial charge in [-0.15, -0.1) is 11.3 Å². The number of aromatic nitrogens is 1. The van der Waals surface area contributed by atoms with Gasteiger partial charge in [0.25, 0.3) is 0 Å². The van der Waals surface area contributed by atoms with E-state index < -0.39 is 10.0 Å². The molecule has 0 spiro atoms. The molecule has 0 saturated carbocycles. The summed E-state index contributed by atoms with van der Waals surface area (Å²) in [4.78, 5) is 5.56. The lowest BCUT2D eigenvalue weighted by molar-refractivity contribution is 0.539. The molecule has 0 aliphatic rings. The predicted octanol–water partition coefficient (Wildman–Crippen LogP) is 4.19. The van der Waals surface area contributed by atoms with Gasteiger partial charge < -0.3 is 4.42 Å². The van der Waals surface area contributed by atoms with Crippen LogP contribution in [0.4, 0.5) is 0 Å². The van der Waals surface area contributed by atoms with Crippen LogP contribution in [0.2, 0.25) is 5.02 Å². The molecule has 3 aromatic rings. The SMILES string of the molecule is Cc1ccc(S(=O)(=O)NCCc2nc(-c3cccs3)oc2C)cc1Cl. The van der Waals surface area contributed by atoms with Crippen molar-refractivity contribution in [3.05, 3.63) is 57.8 Å². The zero-order chi connectivity index (χ0) is 18.0. The molecule has 25 heavy (non-hydrogen) atoms. The predicted molar refractivity (Wildman–Crippen MR) is 99.6 cm³/mol. The largest absolute Gasteiger partial charge is 0.440 e. The van der Waals surface area contributed by atoms with Gasteiger partial charge in [0.15, 0.2) is 0 Å². The number of nitrogens with one attached hydrogen (secondary N) is 1. The molecule has 1 aromatic carbocycles. The van der Waals surface area contributed by atoms with Crippen molar-refractivity contribution < 1.29 is 12.8 Å². The van der Waals surface area contributed by atoms with Crippen LogP contribution in [-0.4, -0.2) is 19.9 Å². The van der Waals surface area contributed by atoms with Crippen molar-refractivity contribution >= 4 is 33.0 Å². The summed E-state index contributed by atoms with van der Waals surface area (Å²) in [7, 11) is -3.61. The summed E-state index contributed by atoms with van der Waals surface area (Å²) in [5.41, 5.74) is 1.58. The molecule has 1 N–H and O–H groups in total. The first-order chi connectivity index (χ1) is 11.9. The monoisotopic (exact) mass is 396 g/mol. The molecule has 0 atom stereocenters. The Morgan fingerprint density at radius 2 is 2.08 bits per heavy atom. The van der Waals surface area contributed by atoms with Gasteiger partial charge in [-0.2, -0.15) is 0 Å².